The largest absolute Gasteiger partial charge is 0.507 e. The zero-order chi connectivity index (χ0) is 11.3. The second kappa shape index (κ2) is 5.20. The highest BCUT2D eigenvalue weighted by atomic mass is 16.3. The minimum Gasteiger partial charge on any atom is -0.507 e. The summed E-state index contributed by atoms with van der Waals surface area (Å²) in [6.45, 7) is 5.49. The topological polar surface area (TPSA) is 49.3 Å². The van der Waals surface area contributed by atoms with Crippen LogP contribution in [0.1, 0.15) is 23.7 Å². The molecular weight excluding hydrogens is 190 g/mol. The normalized spacial score (nSPS) is 11.8. The van der Waals surface area contributed by atoms with E-state index >= 15 is 0 Å². The monoisotopic (exact) mass is 205 g/mol. The molecule has 0 aliphatic rings. The van der Waals surface area contributed by atoms with Crippen molar-refractivity contribution in [2.24, 2.45) is 0 Å². The molecule has 0 spiro atoms. The van der Waals surface area contributed by atoms with Gasteiger partial charge < -0.3 is 10.4 Å². The smallest absolute Gasteiger partial charge is 0.255 e. The summed E-state index contributed by atoms with van der Waals surface area (Å²) in [5, 5.41) is 12.2. The second-order valence-corrected chi connectivity index (χ2v) is 3.42. The van der Waals surface area contributed by atoms with Gasteiger partial charge in [-0.3, -0.25) is 4.79 Å². The van der Waals surface area contributed by atoms with Crippen molar-refractivity contribution in [3.63, 3.8) is 0 Å². The molecule has 0 aliphatic carbocycles. The average molecular weight is 205 g/mol. The Morgan fingerprint density at radius 2 is 2.27 bits per heavy atom. The number of carbonyl (C=O) groups is 1. The molecule has 15 heavy (non-hydrogen) atoms. The number of hydrogen-bond acceptors (Lipinski definition) is 2. The van der Waals surface area contributed by atoms with Gasteiger partial charge in [0.1, 0.15) is 5.75 Å². The molecule has 0 heterocycles. The standard InChI is InChI=1S/C12H15NO2/c1-3-6-9(2)13-12(15)10-7-4-5-8-11(10)14/h3-5,7-9,14H,1,6H2,2H3,(H,13,15). The maximum Gasteiger partial charge on any atom is 0.255 e. The number of para-hydroxylation sites is 1. The molecule has 1 unspecified atom stereocenters. The molecule has 1 atom stereocenters. The fraction of sp³-hybridized carbons (Fsp3) is 0.250. The van der Waals surface area contributed by atoms with Gasteiger partial charge >= 0.3 is 0 Å². The molecule has 1 rings (SSSR count). The first-order chi connectivity index (χ1) is 7.15. The predicted molar refractivity (Wildman–Crippen MR) is 59.8 cm³/mol. The molecule has 0 aliphatic heterocycles. The Morgan fingerprint density at radius 3 is 2.87 bits per heavy atom. The summed E-state index contributed by atoms with van der Waals surface area (Å²) in [7, 11) is 0. The van der Waals surface area contributed by atoms with Gasteiger partial charge in [0.05, 0.1) is 5.56 Å². The van der Waals surface area contributed by atoms with E-state index in [1.165, 1.54) is 6.07 Å². The van der Waals surface area contributed by atoms with Crippen LogP contribution in [-0.4, -0.2) is 17.1 Å². The van der Waals surface area contributed by atoms with E-state index in [1.54, 1.807) is 24.3 Å². The van der Waals surface area contributed by atoms with E-state index in [2.05, 4.69) is 11.9 Å². The minimum absolute atomic E-state index is 0.000744. The minimum atomic E-state index is -0.262. The number of carbonyl (C=O) groups excluding carboxylic acids is 1. The van der Waals surface area contributed by atoms with Gasteiger partial charge in [-0.15, -0.1) is 6.58 Å². The first-order valence-corrected chi connectivity index (χ1v) is 4.85. The summed E-state index contributed by atoms with van der Waals surface area (Å²) in [5.41, 5.74) is 0.299. The van der Waals surface area contributed by atoms with Crippen molar-refractivity contribution >= 4 is 5.91 Å². The lowest BCUT2D eigenvalue weighted by atomic mass is 10.1. The number of benzene rings is 1. The molecule has 1 aromatic rings. The van der Waals surface area contributed by atoms with Gasteiger partial charge in [-0.1, -0.05) is 18.2 Å². The zero-order valence-corrected chi connectivity index (χ0v) is 8.73. The molecule has 80 valence electrons. The maximum atomic E-state index is 11.6. The van der Waals surface area contributed by atoms with E-state index in [9.17, 15) is 9.90 Å². The van der Waals surface area contributed by atoms with Crippen LogP contribution >= 0.6 is 0 Å². The Morgan fingerprint density at radius 1 is 1.60 bits per heavy atom. The number of aromatic hydroxyl groups is 1. The first-order valence-electron chi connectivity index (χ1n) is 4.85. The molecule has 3 heteroatoms. The number of phenols is 1. The SMILES string of the molecule is C=CCC(C)NC(=O)c1ccccc1O. The van der Waals surface area contributed by atoms with Crippen molar-refractivity contribution in [2.75, 3.05) is 0 Å². The Labute approximate surface area is 89.4 Å². The van der Waals surface area contributed by atoms with Gasteiger partial charge in [-0.2, -0.15) is 0 Å². The summed E-state index contributed by atoms with van der Waals surface area (Å²) in [6, 6.07) is 6.50. The zero-order valence-electron chi connectivity index (χ0n) is 8.73. The number of nitrogens with one attached hydrogen (secondary N) is 1. The second-order valence-electron chi connectivity index (χ2n) is 3.42. The van der Waals surface area contributed by atoms with Gasteiger partial charge in [0.2, 0.25) is 0 Å². The quantitative estimate of drug-likeness (QED) is 0.739. The Balaban J connectivity index is 2.69. The molecule has 0 aromatic heterocycles. The highest BCUT2D eigenvalue weighted by molar-refractivity contribution is 5.96. The van der Waals surface area contributed by atoms with Crippen molar-refractivity contribution < 1.29 is 9.90 Å². The van der Waals surface area contributed by atoms with Crippen molar-refractivity contribution in [3.05, 3.63) is 42.5 Å². The third kappa shape index (κ3) is 3.13. The van der Waals surface area contributed by atoms with Crippen molar-refractivity contribution in [3.8, 4) is 5.75 Å². The molecule has 2 N–H and O–H groups in total. The van der Waals surface area contributed by atoms with Gasteiger partial charge in [0, 0.05) is 6.04 Å². The molecule has 0 bridgehead atoms. The van der Waals surface area contributed by atoms with Crippen LogP contribution in [0, 0.1) is 0 Å². The van der Waals surface area contributed by atoms with E-state index in [-0.39, 0.29) is 17.7 Å². The van der Waals surface area contributed by atoms with Crippen LogP contribution < -0.4 is 5.32 Å². The van der Waals surface area contributed by atoms with Crippen LogP contribution in [0.15, 0.2) is 36.9 Å². The fourth-order valence-electron chi connectivity index (χ4n) is 1.28. The van der Waals surface area contributed by atoms with Crippen molar-refractivity contribution in [2.45, 2.75) is 19.4 Å². The molecule has 0 radical (unpaired) electrons. The predicted octanol–water partition coefficient (Wildman–Crippen LogP) is 2.09. The lowest BCUT2D eigenvalue weighted by Crippen LogP contribution is -2.32. The fourth-order valence-corrected chi connectivity index (χ4v) is 1.28. The molecule has 0 fully saturated rings. The highest BCUT2D eigenvalue weighted by Gasteiger charge is 2.11. The molecule has 0 saturated carbocycles. The van der Waals surface area contributed by atoms with Crippen molar-refractivity contribution in [1.29, 1.82) is 0 Å². The van der Waals surface area contributed by atoms with Crippen LogP contribution in [0.2, 0.25) is 0 Å². The molecule has 0 saturated heterocycles. The van der Waals surface area contributed by atoms with Crippen LogP contribution in [0.5, 0.6) is 5.75 Å². The molecule has 3 nitrogen and oxygen atoms in total. The van der Waals surface area contributed by atoms with Crippen LogP contribution in [-0.2, 0) is 0 Å². The van der Waals surface area contributed by atoms with E-state index in [1.807, 2.05) is 6.92 Å². The third-order valence-electron chi connectivity index (χ3n) is 2.05. The lowest BCUT2D eigenvalue weighted by molar-refractivity contribution is 0.0938. The Hall–Kier alpha value is -1.77. The highest BCUT2D eigenvalue weighted by Crippen LogP contribution is 2.15. The van der Waals surface area contributed by atoms with E-state index in [0.29, 0.717) is 12.0 Å². The van der Waals surface area contributed by atoms with Gasteiger partial charge in [-0.25, -0.2) is 0 Å². The lowest BCUT2D eigenvalue weighted by Gasteiger charge is -2.12. The molecule has 1 amide bonds. The summed E-state index contributed by atoms with van der Waals surface area (Å²) in [4.78, 5) is 11.6. The van der Waals surface area contributed by atoms with E-state index < -0.39 is 0 Å². The third-order valence-corrected chi connectivity index (χ3v) is 2.05. The Bertz CT molecular complexity index is 360. The van der Waals surface area contributed by atoms with Crippen molar-refractivity contribution in [1.82, 2.24) is 5.32 Å². The van der Waals surface area contributed by atoms with Gasteiger partial charge in [0.15, 0.2) is 0 Å². The molecular formula is C12H15NO2. The maximum absolute atomic E-state index is 11.6. The summed E-state index contributed by atoms with van der Waals surface area (Å²) >= 11 is 0. The summed E-state index contributed by atoms with van der Waals surface area (Å²) in [5.74, 6) is -0.261. The number of rotatable bonds is 4. The summed E-state index contributed by atoms with van der Waals surface area (Å²) in [6.07, 6.45) is 2.45. The van der Waals surface area contributed by atoms with Crippen LogP contribution in [0.25, 0.3) is 0 Å². The van der Waals surface area contributed by atoms with Gasteiger partial charge in [0.25, 0.3) is 5.91 Å². The number of phenolic OH excluding ortho intramolecular Hbond substituents is 1. The van der Waals surface area contributed by atoms with Gasteiger partial charge in [-0.05, 0) is 25.5 Å². The average Bonchev–Trinajstić information content (AvgIpc) is 2.18. The van der Waals surface area contributed by atoms with Crippen LogP contribution in [0.3, 0.4) is 0 Å². The Kier molecular flexibility index (Phi) is 3.92. The van der Waals surface area contributed by atoms with E-state index in [4.69, 9.17) is 0 Å². The van der Waals surface area contributed by atoms with Crippen LogP contribution in [0.4, 0.5) is 0 Å². The summed E-state index contributed by atoms with van der Waals surface area (Å²) < 4.78 is 0. The molecule has 1 aromatic carbocycles. The van der Waals surface area contributed by atoms with E-state index in [0.717, 1.165) is 0 Å². The number of amides is 1. The number of hydrogen-bond donors (Lipinski definition) is 2. The first kappa shape index (κ1) is 11.3.